The summed E-state index contributed by atoms with van der Waals surface area (Å²) in [6, 6.07) is 8.16. The second-order valence-electron chi connectivity index (χ2n) is 6.46. The molecule has 0 spiro atoms. The molecule has 0 saturated heterocycles. The lowest BCUT2D eigenvalue weighted by Crippen LogP contribution is -2.07. The summed E-state index contributed by atoms with van der Waals surface area (Å²) < 4.78 is 10.9. The first kappa shape index (κ1) is 19.5. The van der Waals surface area contributed by atoms with E-state index in [2.05, 4.69) is 27.6 Å². The number of nitrogens with zero attached hydrogens (tertiary/aromatic N) is 2. The number of nitrogens with one attached hydrogen (secondary N) is 1. The number of rotatable bonds is 9. The lowest BCUT2D eigenvalue weighted by atomic mass is 10.1. The molecule has 1 fully saturated rings. The Balaban J connectivity index is 1.48. The third-order valence-corrected chi connectivity index (χ3v) is 5.09. The summed E-state index contributed by atoms with van der Waals surface area (Å²) >= 11 is 1.41. The molecule has 1 aromatic carbocycles. The third kappa shape index (κ3) is 6.45. The van der Waals surface area contributed by atoms with Gasteiger partial charge in [0.1, 0.15) is 0 Å². The zero-order chi connectivity index (χ0) is 18.9. The third-order valence-electron chi connectivity index (χ3n) is 4.30. The molecule has 1 aromatic heterocycles. The zero-order valence-corrected chi connectivity index (χ0v) is 16.3. The van der Waals surface area contributed by atoms with Gasteiger partial charge in [-0.1, -0.05) is 31.0 Å². The normalized spacial score (nSPS) is 14.7. The zero-order valence-electron chi connectivity index (χ0n) is 15.5. The Kier molecular flexibility index (Phi) is 7.36. The Morgan fingerprint density at radius 2 is 2.26 bits per heavy atom. The highest BCUT2D eigenvalue weighted by molar-refractivity contribution is 7.13. The number of ether oxygens (including phenoxy) is 2. The fourth-order valence-electron chi connectivity index (χ4n) is 2.99. The number of carbonyl (C=O) groups excluding carboxylic acids is 1. The molecule has 0 atom stereocenters. The summed E-state index contributed by atoms with van der Waals surface area (Å²) in [6.45, 7) is 2.81. The highest BCUT2D eigenvalue weighted by Gasteiger charge is 2.15. The predicted octanol–water partition coefficient (Wildman–Crippen LogP) is 4.15. The average molecular weight is 388 g/mol. The maximum Gasteiger partial charge on any atom is 0.311 e. The van der Waals surface area contributed by atoms with E-state index in [9.17, 15) is 4.79 Å². The van der Waals surface area contributed by atoms with Gasteiger partial charge in [-0.05, 0) is 37.0 Å². The highest BCUT2D eigenvalue weighted by Crippen LogP contribution is 2.22. The smallest absolute Gasteiger partial charge is 0.311 e. The van der Waals surface area contributed by atoms with Crippen LogP contribution in [0.1, 0.15) is 49.4 Å². The van der Waals surface area contributed by atoms with Gasteiger partial charge in [-0.2, -0.15) is 5.10 Å². The first-order valence-corrected chi connectivity index (χ1v) is 10.2. The van der Waals surface area contributed by atoms with Crippen molar-refractivity contribution in [3.8, 4) is 0 Å². The monoisotopic (exact) mass is 387 g/mol. The van der Waals surface area contributed by atoms with E-state index in [1.807, 2.05) is 17.5 Å². The molecule has 1 saturated carbocycles. The molecule has 1 aliphatic carbocycles. The van der Waals surface area contributed by atoms with Crippen molar-refractivity contribution in [1.29, 1.82) is 0 Å². The lowest BCUT2D eigenvalue weighted by Gasteiger charge is -2.11. The minimum absolute atomic E-state index is 0.179. The molecule has 7 heteroatoms. The Hall–Kier alpha value is -2.25. The number of carbonyl (C=O) groups is 1. The fraction of sp³-hybridized carbons (Fsp3) is 0.450. The van der Waals surface area contributed by atoms with Crippen LogP contribution >= 0.6 is 11.3 Å². The maximum absolute atomic E-state index is 11.5. The van der Waals surface area contributed by atoms with E-state index in [-0.39, 0.29) is 12.4 Å². The minimum Gasteiger partial charge on any atom is -0.466 e. The molecule has 0 radical (unpaired) electrons. The van der Waals surface area contributed by atoms with Crippen molar-refractivity contribution in [3.63, 3.8) is 0 Å². The topological polar surface area (TPSA) is 72.8 Å². The van der Waals surface area contributed by atoms with Gasteiger partial charge in [0, 0.05) is 5.38 Å². The number of hydrogen-bond acceptors (Lipinski definition) is 7. The molecule has 0 unspecified atom stereocenters. The molecule has 144 valence electrons. The first-order valence-electron chi connectivity index (χ1n) is 9.32. The highest BCUT2D eigenvalue weighted by atomic mass is 32.1. The molecule has 0 bridgehead atoms. The van der Waals surface area contributed by atoms with Crippen LogP contribution in [-0.4, -0.2) is 29.9 Å². The second-order valence-corrected chi connectivity index (χ2v) is 7.32. The number of esters is 1. The molecule has 3 rings (SSSR count). The number of thiazole rings is 1. The van der Waals surface area contributed by atoms with Gasteiger partial charge in [0.2, 0.25) is 5.13 Å². The number of aromatic nitrogens is 1. The summed E-state index contributed by atoms with van der Waals surface area (Å²) in [5, 5.41) is 6.71. The summed E-state index contributed by atoms with van der Waals surface area (Å²) in [5.41, 5.74) is 5.74. The van der Waals surface area contributed by atoms with Gasteiger partial charge in [0.05, 0.1) is 37.6 Å². The van der Waals surface area contributed by atoms with Gasteiger partial charge in [0.15, 0.2) is 0 Å². The first-order chi connectivity index (χ1) is 13.2. The molecule has 6 nitrogen and oxygen atoms in total. The minimum atomic E-state index is -0.269. The summed E-state index contributed by atoms with van der Waals surface area (Å²) in [5.74, 6) is -0.269. The molecule has 1 heterocycles. The van der Waals surface area contributed by atoms with Crippen LogP contribution in [0.15, 0.2) is 34.7 Å². The van der Waals surface area contributed by atoms with Gasteiger partial charge < -0.3 is 9.47 Å². The van der Waals surface area contributed by atoms with Crippen LogP contribution in [0.5, 0.6) is 0 Å². The van der Waals surface area contributed by atoms with Crippen molar-refractivity contribution in [2.24, 2.45) is 5.10 Å². The Morgan fingerprint density at radius 3 is 3.07 bits per heavy atom. The van der Waals surface area contributed by atoms with E-state index >= 15 is 0 Å². The molecule has 1 aliphatic rings. The number of hydrogen-bond donors (Lipinski definition) is 1. The standard InChI is InChI=1S/C20H25N3O3S/c1-2-25-19(24)11-17-14-27-20(22-17)23-21-12-15-6-5-7-16(10-15)13-26-18-8-3-4-9-18/h5-7,10,12,14,18H,2-4,8-9,11,13H2,1H3,(H,22,23). The largest absolute Gasteiger partial charge is 0.466 e. The molecule has 0 aliphatic heterocycles. The second kappa shape index (κ2) is 10.2. The van der Waals surface area contributed by atoms with E-state index in [0.29, 0.717) is 30.1 Å². The van der Waals surface area contributed by atoms with E-state index < -0.39 is 0 Å². The van der Waals surface area contributed by atoms with Crippen LogP contribution < -0.4 is 5.43 Å². The van der Waals surface area contributed by atoms with Gasteiger partial charge >= 0.3 is 5.97 Å². The molecule has 1 N–H and O–H groups in total. The predicted molar refractivity (Wildman–Crippen MR) is 107 cm³/mol. The van der Waals surface area contributed by atoms with Gasteiger partial charge in [0.25, 0.3) is 0 Å². The maximum atomic E-state index is 11.5. The van der Waals surface area contributed by atoms with E-state index in [1.165, 1.54) is 37.0 Å². The number of anilines is 1. The molecular weight excluding hydrogens is 362 g/mol. The molecule has 0 amide bonds. The van der Waals surface area contributed by atoms with Gasteiger partial charge in [-0.3, -0.25) is 10.2 Å². The van der Waals surface area contributed by atoms with Crippen LogP contribution in [0, 0.1) is 0 Å². The van der Waals surface area contributed by atoms with Crippen LogP contribution in [0.25, 0.3) is 0 Å². The van der Waals surface area contributed by atoms with Crippen molar-refractivity contribution < 1.29 is 14.3 Å². The Labute approximate surface area is 163 Å². The quantitative estimate of drug-likeness (QED) is 0.397. The van der Waals surface area contributed by atoms with E-state index in [0.717, 1.165) is 11.1 Å². The van der Waals surface area contributed by atoms with Crippen LogP contribution in [-0.2, 0) is 27.3 Å². The molecule has 27 heavy (non-hydrogen) atoms. The summed E-state index contributed by atoms with van der Waals surface area (Å²) in [7, 11) is 0. The average Bonchev–Trinajstić information content (AvgIpc) is 3.33. The van der Waals surface area contributed by atoms with Crippen molar-refractivity contribution in [2.45, 2.75) is 51.7 Å². The lowest BCUT2D eigenvalue weighted by molar-refractivity contribution is -0.142. The Bertz CT molecular complexity index is 769. The van der Waals surface area contributed by atoms with Crippen LogP contribution in [0.3, 0.4) is 0 Å². The van der Waals surface area contributed by atoms with Crippen LogP contribution in [0.4, 0.5) is 5.13 Å². The van der Waals surface area contributed by atoms with Crippen molar-refractivity contribution in [1.82, 2.24) is 4.98 Å². The fourth-order valence-corrected chi connectivity index (χ4v) is 3.65. The molecule has 2 aromatic rings. The summed E-state index contributed by atoms with van der Waals surface area (Å²) in [6.07, 6.45) is 7.26. The number of hydrazone groups is 1. The SMILES string of the molecule is CCOC(=O)Cc1csc(NN=Cc2cccc(COC3CCCC3)c2)n1. The summed E-state index contributed by atoms with van der Waals surface area (Å²) in [4.78, 5) is 15.8. The van der Waals surface area contributed by atoms with Crippen LogP contribution in [0.2, 0.25) is 0 Å². The van der Waals surface area contributed by atoms with E-state index in [4.69, 9.17) is 9.47 Å². The van der Waals surface area contributed by atoms with Crippen molar-refractivity contribution >= 4 is 28.7 Å². The number of benzene rings is 1. The van der Waals surface area contributed by atoms with Crippen molar-refractivity contribution in [2.75, 3.05) is 12.0 Å². The Morgan fingerprint density at radius 1 is 1.41 bits per heavy atom. The van der Waals surface area contributed by atoms with Gasteiger partial charge in [-0.25, -0.2) is 4.98 Å². The molecular formula is C20H25N3O3S. The van der Waals surface area contributed by atoms with Crippen molar-refractivity contribution in [3.05, 3.63) is 46.5 Å². The van der Waals surface area contributed by atoms with Gasteiger partial charge in [-0.15, -0.1) is 11.3 Å². The van der Waals surface area contributed by atoms with E-state index in [1.54, 1.807) is 13.1 Å².